The van der Waals surface area contributed by atoms with Crippen molar-refractivity contribution < 1.29 is 59.0 Å². The van der Waals surface area contributed by atoms with Gasteiger partial charge in [-0.3, -0.25) is 20.4 Å². The van der Waals surface area contributed by atoms with Crippen molar-refractivity contribution in [3.8, 4) is 11.4 Å². The number of carboxylic acids is 1. The molecule has 10 nitrogen and oxygen atoms in total. The van der Waals surface area contributed by atoms with E-state index in [2.05, 4.69) is 20.9 Å². The minimum absolute atomic E-state index is 0.00971. The maximum absolute atomic E-state index is 13.0. The molecule has 39 heavy (non-hydrogen) atoms. The second-order valence-electron chi connectivity index (χ2n) is 7.71. The molecule has 2 amide bonds. The number of halogens is 9. The third-order valence-corrected chi connectivity index (χ3v) is 4.31. The number of aliphatic carboxylic acids is 1. The topological polar surface area (TPSA) is 152 Å². The summed E-state index contributed by atoms with van der Waals surface area (Å²) in [6.07, 6.45) is -12.2. The van der Waals surface area contributed by atoms with Gasteiger partial charge in [0.05, 0.1) is 17.2 Å². The number of carboxylic acid groups (broad SMARTS) is 1. The third kappa shape index (κ3) is 10.6. The lowest BCUT2D eigenvalue weighted by Crippen LogP contribution is -2.50. The number of nitrogens with zero attached hydrogens (tertiary/aromatic N) is 3. The van der Waals surface area contributed by atoms with Crippen LogP contribution in [0.1, 0.15) is 25.0 Å². The average Bonchev–Trinajstić information content (AvgIpc) is 3.28. The molecule has 1 aromatic heterocycles. The standard InChI is InChI=1S/C18H18F6N6O2.C2HF3O2/c1-9(2)14(25)16(32)28-27-13(31)3-4-30-8-26-15(29-30)10-5-11(17(19,20)21)7-12(6-10)18(22,23)24;3-2(4,5)1(6)7/h3-9,14H,25H2,1-2H3,(H,27,31)(H,28,32);(H,6,7)/b4-3-;/t14-;/m0./s1. The zero-order valence-electron chi connectivity index (χ0n) is 19.6. The molecule has 2 rings (SSSR count). The minimum atomic E-state index is -5.08. The van der Waals surface area contributed by atoms with Crippen LogP contribution in [0, 0.1) is 5.92 Å². The SMILES string of the molecule is CC(C)[C@H](N)C(=O)NNC(=O)/C=C\n1cnc(-c2cc(C(F)(F)F)cc(C(F)(F)F)c2)n1.O=C(O)C(F)(F)F. The summed E-state index contributed by atoms with van der Waals surface area (Å²) in [5.41, 5.74) is 6.22. The van der Waals surface area contributed by atoms with Gasteiger partial charge in [-0.25, -0.2) is 14.5 Å². The van der Waals surface area contributed by atoms with Crippen molar-refractivity contribution in [2.24, 2.45) is 11.7 Å². The molecule has 0 radical (unpaired) electrons. The highest BCUT2D eigenvalue weighted by atomic mass is 19.4. The molecule has 0 spiro atoms. The van der Waals surface area contributed by atoms with Gasteiger partial charge in [0, 0.05) is 17.8 Å². The Kier molecular flexibility index (Phi) is 10.6. The van der Waals surface area contributed by atoms with Crippen LogP contribution in [0.4, 0.5) is 39.5 Å². The third-order valence-electron chi connectivity index (χ3n) is 4.31. The van der Waals surface area contributed by atoms with Gasteiger partial charge in [0.15, 0.2) is 5.82 Å². The van der Waals surface area contributed by atoms with Gasteiger partial charge in [-0.05, 0) is 24.1 Å². The van der Waals surface area contributed by atoms with Gasteiger partial charge >= 0.3 is 24.5 Å². The Morgan fingerprint density at radius 1 is 0.949 bits per heavy atom. The molecule has 5 N–H and O–H groups in total. The highest BCUT2D eigenvalue weighted by molar-refractivity contribution is 5.92. The maximum atomic E-state index is 13.0. The summed E-state index contributed by atoms with van der Waals surface area (Å²) < 4.78 is 111. The normalized spacial score (nSPS) is 13.1. The van der Waals surface area contributed by atoms with E-state index in [1.165, 1.54) is 0 Å². The van der Waals surface area contributed by atoms with Gasteiger partial charge in [0.25, 0.3) is 11.8 Å². The van der Waals surface area contributed by atoms with Crippen LogP contribution in [0.5, 0.6) is 0 Å². The van der Waals surface area contributed by atoms with E-state index in [0.29, 0.717) is 12.1 Å². The van der Waals surface area contributed by atoms with E-state index in [1.807, 2.05) is 0 Å². The molecular weight excluding hydrogens is 559 g/mol. The Morgan fingerprint density at radius 2 is 1.44 bits per heavy atom. The molecule has 19 heteroatoms. The van der Waals surface area contributed by atoms with Crippen LogP contribution in [0.15, 0.2) is 30.6 Å². The Balaban J connectivity index is 0.000000956. The molecule has 0 saturated heterocycles. The van der Waals surface area contributed by atoms with Crippen LogP contribution >= 0.6 is 0 Å². The van der Waals surface area contributed by atoms with Crippen LogP contribution in [0.25, 0.3) is 17.6 Å². The van der Waals surface area contributed by atoms with Crippen molar-refractivity contribution in [1.82, 2.24) is 25.6 Å². The molecule has 1 aromatic carbocycles. The highest BCUT2D eigenvalue weighted by Gasteiger charge is 2.38. The number of aromatic nitrogens is 3. The van der Waals surface area contributed by atoms with E-state index in [-0.39, 0.29) is 12.0 Å². The number of hydrogen-bond donors (Lipinski definition) is 4. The number of benzene rings is 1. The van der Waals surface area contributed by atoms with E-state index in [0.717, 1.165) is 23.3 Å². The fourth-order valence-electron chi connectivity index (χ4n) is 2.26. The Labute approximate surface area is 212 Å². The van der Waals surface area contributed by atoms with Gasteiger partial charge in [-0.15, -0.1) is 5.10 Å². The van der Waals surface area contributed by atoms with Crippen LogP contribution in [0.3, 0.4) is 0 Å². The predicted octanol–water partition coefficient (Wildman–Crippen LogP) is 3.22. The summed E-state index contributed by atoms with van der Waals surface area (Å²) in [4.78, 5) is 36.0. The van der Waals surface area contributed by atoms with Crippen molar-refractivity contribution in [3.05, 3.63) is 41.7 Å². The van der Waals surface area contributed by atoms with Crippen molar-refractivity contribution in [2.45, 2.75) is 38.4 Å². The molecule has 0 bridgehead atoms. The molecule has 0 aliphatic rings. The number of carbonyl (C=O) groups excluding carboxylic acids is 2. The van der Waals surface area contributed by atoms with Gasteiger partial charge in [-0.2, -0.15) is 39.5 Å². The first-order valence-electron chi connectivity index (χ1n) is 10.2. The van der Waals surface area contributed by atoms with E-state index in [4.69, 9.17) is 15.6 Å². The zero-order valence-corrected chi connectivity index (χ0v) is 19.6. The number of hydrazine groups is 1. The summed E-state index contributed by atoms with van der Waals surface area (Å²) >= 11 is 0. The van der Waals surface area contributed by atoms with Crippen molar-refractivity contribution in [1.29, 1.82) is 0 Å². The summed E-state index contributed by atoms with van der Waals surface area (Å²) in [6, 6.07) is 0.105. The lowest BCUT2D eigenvalue weighted by molar-refractivity contribution is -0.192. The molecule has 1 heterocycles. The molecule has 0 aliphatic heterocycles. The first kappa shape index (κ1) is 32.9. The molecule has 216 valence electrons. The Hall–Kier alpha value is -4.16. The fourth-order valence-corrected chi connectivity index (χ4v) is 2.26. The zero-order chi connectivity index (χ0) is 30.3. The minimum Gasteiger partial charge on any atom is -0.475 e. The quantitative estimate of drug-likeness (QED) is 0.242. The first-order chi connectivity index (χ1) is 17.6. The van der Waals surface area contributed by atoms with Crippen molar-refractivity contribution >= 4 is 24.0 Å². The van der Waals surface area contributed by atoms with Crippen LogP contribution in [-0.4, -0.2) is 49.9 Å². The average molecular weight is 578 g/mol. The molecule has 0 saturated carbocycles. The summed E-state index contributed by atoms with van der Waals surface area (Å²) in [5, 5.41) is 10.9. The summed E-state index contributed by atoms with van der Waals surface area (Å²) in [5.74, 6) is -4.79. The molecule has 1 atom stereocenters. The van der Waals surface area contributed by atoms with E-state index >= 15 is 0 Å². The van der Waals surface area contributed by atoms with E-state index < -0.39 is 64.9 Å². The molecule has 0 unspecified atom stereocenters. The Bertz CT molecular complexity index is 1170. The van der Waals surface area contributed by atoms with Gasteiger partial charge in [-0.1, -0.05) is 13.8 Å². The summed E-state index contributed by atoms with van der Waals surface area (Å²) in [7, 11) is 0. The lowest BCUT2D eigenvalue weighted by atomic mass is 10.0. The van der Waals surface area contributed by atoms with Crippen molar-refractivity contribution in [3.63, 3.8) is 0 Å². The van der Waals surface area contributed by atoms with Gasteiger partial charge < -0.3 is 10.8 Å². The monoisotopic (exact) mass is 578 g/mol. The maximum Gasteiger partial charge on any atom is 0.490 e. The van der Waals surface area contributed by atoms with E-state index in [1.54, 1.807) is 13.8 Å². The number of alkyl halides is 9. The number of amides is 2. The smallest absolute Gasteiger partial charge is 0.475 e. The lowest BCUT2D eigenvalue weighted by Gasteiger charge is -2.14. The first-order valence-corrected chi connectivity index (χ1v) is 10.2. The summed E-state index contributed by atoms with van der Waals surface area (Å²) in [6.45, 7) is 3.41. The largest absolute Gasteiger partial charge is 0.490 e. The van der Waals surface area contributed by atoms with Crippen LogP contribution in [-0.2, 0) is 26.7 Å². The second kappa shape index (κ2) is 12.6. The second-order valence-corrected chi connectivity index (χ2v) is 7.71. The molecule has 0 fully saturated rings. The van der Waals surface area contributed by atoms with Crippen LogP contribution in [0.2, 0.25) is 0 Å². The molecule has 2 aromatic rings. The van der Waals surface area contributed by atoms with Gasteiger partial charge in [0.1, 0.15) is 6.33 Å². The van der Waals surface area contributed by atoms with Crippen LogP contribution < -0.4 is 16.6 Å². The molecular formula is C20H19F9N6O4. The van der Waals surface area contributed by atoms with Gasteiger partial charge in [0.2, 0.25) is 0 Å². The van der Waals surface area contributed by atoms with Crippen molar-refractivity contribution in [2.75, 3.05) is 0 Å². The van der Waals surface area contributed by atoms with E-state index in [9.17, 15) is 49.1 Å². The number of hydrogen-bond acceptors (Lipinski definition) is 6. The number of carbonyl (C=O) groups is 3. The number of nitrogens with two attached hydrogens (primary N) is 1. The number of rotatable bonds is 5. The fraction of sp³-hybridized carbons (Fsp3) is 0.350. The number of nitrogens with one attached hydrogen (secondary N) is 2. The molecule has 0 aliphatic carbocycles. The predicted molar refractivity (Wildman–Crippen MR) is 114 cm³/mol. The Morgan fingerprint density at radius 3 is 1.85 bits per heavy atom. The highest BCUT2D eigenvalue weighted by Crippen LogP contribution is 2.38.